The van der Waals surface area contributed by atoms with Crippen molar-refractivity contribution in [2.75, 3.05) is 25.0 Å². The second-order valence-electron chi connectivity index (χ2n) is 5.30. The van der Waals surface area contributed by atoms with Gasteiger partial charge in [-0.1, -0.05) is 11.6 Å². The minimum absolute atomic E-state index is 0.125. The second-order valence-corrected chi connectivity index (χ2v) is 5.74. The number of carbonyl (C=O) groups excluding carboxylic acids is 1. The van der Waals surface area contributed by atoms with Gasteiger partial charge >= 0.3 is 0 Å². The van der Waals surface area contributed by atoms with Gasteiger partial charge in [0.25, 0.3) is 5.91 Å². The number of nitrogens with one attached hydrogen (secondary N) is 2. The molecule has 1 aliphatic heterocycles. The standard InChI is InChI=1S/C15H21ClN2O2/c1-3-17-13-6-5-11(16)9-12(13)14(19)18-10-15(2)7-4-8-20-15/h5-6,9,17H,3-4,7-8,10H2,1-2H3,(H,18,19). The first-order valence-corrected chi connectivity index (χ1v) is 7.37. The van der Waals surface area contributed by atoms with Gasteiger partial charge in [-0.15, -0.1) is 0 Å². The Morgan fingerprint density at radius 3 is 2.95 bits per heavy atom. The molecule has 1 heterocycles. The van der Waals surface area contributed by atoms with Gasteiger partial charge in [0.1, 0.15) is 0 Å². The van der Waals surface area contributed by atoms with Crippen LogP contribution in [0.3, 0.4) is 0 Å². The molecule has 1 saturated heterocycles. The molecule has 0 aliphatic carbocycles. The molecule has 5 heteroatoms. The van der Waals surface area contributed by atoms with E-state index in [-0.39, 0.29) is 11.5 Å². The Hall–Kier alpha value is -1.26. The molecule has 0 bridgehead atoms. The van der Waals surface area contributed by atoms with Crippen LogP contribution in [0.5, 0.6) is 0 Å². The Balaban J connectivity index is 2.06. The molecule has 0 saturated carbocycles. The van der Waals surface area contributed by atoms with Crippen LogP contribution in [0.1, 0.15) is 37.0 Å². The maximum absolute atomic E-state index is 12.3. The topological polar surface area (TPSA) is 50.4 Å². The SMILES string of the molecule is CCNc1ccc(Cl)cc1C(=O)NCC1(C)CCCO1. The van der Waals surface area contributed by atoms with Gasteiger partial charge in [0.2, 0.25) is 0 Å². The summed E-state index contributed by atoms with van der Waals surface area (Å²) in [7, 11) is 0. The van der Waals surface area contributed by atoms with E-state index in [0.29, 0.717) is 17.1 Å². The van der Waals surface area contributed by atoms with Crippen LogP contribution >= 0.6 is 11.6 Å². The summed E-state index contributed by atoms with van der Waals surface area (Å²) < 4.78 is 5.67. The van der Waals surface area contributed by atoms with Gasteiger partial charge in [0, 0.05) is 30.4 Å². The van der Waals surface area contributed by atoms with Crippen molar-refractivity contribution in [2.45, 2.75) is 32.3 Å². The first-order valence-electron chi connectivity index (χ1n) is 7.00. The van der Waals surface area contributed by atoms with Gasteiger partial charge in [0.15, 0.2) is 0 Å². The molecule has 2 rings (SSSR count). The monoisotopic (exact) mass is 296 g/mol. The molecule has 1 atom stereocenters. The third kappa shape index (κ3) is 3.64. The molecule has 4 nitrogen and oxygen atoms in total. The van der Waals surface area contributed by atoms with Crippen molar-refractivity contribution < 1.29 is 9.53 Å². The molecular formula is C15H21ClN2O2. The lowest BCUT2D eigenvalue weighted by molar-refractivity contribution is 0.0206. The van der Waals surface area contributed by atoms with E-state index in [1.165, 1.54) is 0 Å². The van der Waals surface area contributed by atoms with Gasteiger partial charge in [-0.3, -0.25) is 4.79 Å². The van der Waals surface area contributed by atoms with Gasteiger partial charge in [-0.25, -0.2) is 0 Å². The zero-order valence-electron chi connectivity index (χ0n) is 12.0. The van der Waals surface area contributed by atoms with E-state index in [9.17, 15) is 4.79 Å². The predicted octanol–water partition coefficient (Wildman–Crippen LogP) is 3.07. The molecule has 1 amide bonds. The van der Waals surface area contributed by atoms with Crippen molar-refractivity contribution in [3.8, 4) is 0 Å². The summed E-state index contributed by atoms with van der Waals surface area (Å²) in [5.41, 5.74) is 1.12. The summed E-state index contributed by atoms with van der Waals surface area (Å²) in [5, 5.41) is 6.67. The minimum Gasteiger partial charge on any atom is -0.385 e. The lowest BCUT2D eigenvalue weighted by Gasteiger charge is -2.23. The average Bonchev–Trinajstić information content (AvgIpc) is 2.86. The van der Waals surface area contributed by atoms with Crippen molar-refractivity contribution >= 4 is 23.2 Å². The number of halogens is 1. The maximum Gasteiger partial charge on any atom is 0.253 e. The number of anilines is 1. The van der Waals surface area contributed by atoms with E-state index in [1.807, 2.05) is 19.9 Å². The zero-order valence-corrected chi connectivity index (χ0v) is 12.7. The molecule has 0 radical (unpaired) electrons. The molecule has 0 aromatic heterocycles. The van der Waals surface area contributed by atoms with Crippen LogP contribution in [-0.4, -0.2) is 31.2 Å². The molecule has 110 valence electrons. The lowest BCUT2D eigenvalue weighted by Crippen LogP contribution is -2.40. The molecule has 0 spiro atoms. The Morgan fingerprint density at radius 1 is 1.50 bits per heavy atom. The van der Waals surface area contributed by atoms with E-state index in [0.717, 1.165) is 31.7 Å². The maximum atomic E-state index is 12.3. The molecule has 20 heavy (non-hydrogen) atoms. The summed E-state index contributed by atoms with van der Waals surface area (Å²) in [4.78, 5) is 12.3. The molecule has 1 aromatic rings. The summed E-state index contributed by atoms with van der Waals surface area (Å²) >= 11 is 5.98. The van der Waals surface area contributed by atoms with E-state index in [1.54, 1.807) is 12.1 Å². The molecular weight excluding hydrogens is 276 g/mol. The normalized spacial score (nSPS) is 21.8. The van der Waals surface area contributed by atoms with Gasteiger partial charge in [-0.05, 0) is 44.9 Å². The second kappa shape index (κ2) is 6.46. The fraction of sp³-hybridized carbons (Fsp3) is 0.533. The van der Waals surface area contributed by atoms with Crippen molar-refractivity contribution in [3.63, 3.8) is 0 Å². The average molecular weight is 297 g/mol. The number of benzene rings is 1. The number of hydrogen-bond donors (Lipinski definition) is 2. The van der Waals surface area contributed by atoms with Gasteiger partial charge < -0.3 is 15.4 Å². The Bertz CT molecular complexity index is 485. The lowest BCUT2D eigenvalue weighted by atomic mass is 10.0. The fourth-order valence-electron chi connectivity index (χ4n) is 2.39. The number of carbonyl (C=O) groups is 1. The van der Waals surface area contributed by atoms with Crippen LogP contribution in [0.4, 0.5) is 5.69 Å². The Morgan fingerprint density at radius 2 is 2.30 bits per heavy atom. The Labute approximate surface area is 124 Å². The number of rotatable bonds is 5. The third-order valence-electron chi connectivity index (χ3n) is 3.52. The molecule has 1 aromatic carbocycles. The molecule has 1 unspecified atom stereocenters. The third-order valence-corrected chi connectivity index (χ3v) is 3.75. The first-order chi connectivity index (χ1) is 9.54. The Kier molecular flexibility index (Phi) is 4.89. The van der Waals surface area contributed by atoms with Crippen LogP contribution in [-0.2, 0) is 4.74 Å². The predicted molar refractivity (Wildman–Crippen MR) is 81.5 cm³/mol. The number of hydrogen-bond acceptors (Lipinski definition) is 3. The molecule has 1 fully saturated rings. The van der Waals surface area contributed by atoms with Crippen molar-refractivity contribution in [3.05, 3.63) is 28.8 Å². The van der Waals surface area contributed by atoms with E-state index in [2.05, 4.69) is 10.6 Å². The summed E-state index contributed by atoms with van der Waals surface area (Å²) in [6, 6.07) is 5.29. The summed E-state index contributed by atoms with van der Waals surface area (Å²) in [5.74, 6) is -0.125. The number of amides is 1. The van der Waals surface area contributed by atoms with Crippen LogP contribution in [0.25, 0.3) is 0 Å². The quantitative estimate of drug-likeness (QED) is 0.878. The first kappa shape index (κ1) is 15.1. The highest BCUT2D eigenvalue weighted by Gasteiger charge is 2.30. The zero-order chi connectivity index (χ0) is 14.6. The van der Waals surface area contributed by atoms with E-state index in [4.69, 9.17) is 16.3 Å². The summed E-state index contributed by atoms with van der Waals surface area (Å²) in [6.07, 6.45) is 2.02. The van der Waals surface area contributed by atoms with Crippen molar-refractivity contribution in [2.24, 2.45) is 0 Å². The van der Waals surface area contributed by atoms with Crippen LogP contribution in [0.15, 0.2) is 18.2 Å². The van der Waals surface area contributed by atoms with E-state index < -0.39 is 0 Å². The van der Waals surface area contributed by atoms with Crippen molar-refractivity contribution in [1.82, 2.24) is 5.32 Å². The largest absolute Gasteiger partial charge is 0.385 e. The van der Waals surface area contributed by atoms with Crippen LogP contribution in [0, 0.1) is 0 Å². The van der Waals surface area contributed by atoms with Crippen LogP contribution in [0.2, 0.25) is 5.02 Å². The summed E-state index contributed by atoms with van der Waals surface area (Å²) in [6.45, 7) is 6.06. The fourth-order valence-corrected chi connectivity index (χ4v) is 2.56. The van der Waals surface area contributed by atoms with Gasteiger partial charge in [-0.2, -0.15) is 0 Å². The molecule has 2 N–H and O–H groups in total. The highest BCUT2D eigenvalue weighted by atomic mass is 35.5. The highest BCUT2D eigenvalue weighted by molar-refractivity contribution is 6.31. The van der Waals surface area contributed by atoms with Crippen LogP contribution < -0.4 is 10.6 Å². The van der Waals surface area contributed by atoms with Crippen molar-refractivity contribution in [1.29, 1.82) is 0 Å². The number of ether oxygens (including phenoxy) is 1. The smallest absolute Gasteiger partial charge is 0.253 e. The minimum atomic E-state index is -0.243. The van der Waals surface area contributed by atoms with E-state index >= 15 is 0 Å². The van der Waals surface area contributed by atoms with Gasteiger partial charge in [0.05, 0.1) is 11.2 Å². The molecule has 1 aliphatic rings. The highest BCUT2D eigenvalue weighted by Crippen LogP contribution is 2.25.